The minimum absolute atomic E-state index is 0.0780. The van der Waals surface area contributed by atoms with Crippen LogP contribution in [0.25, 0.3) is 0 Å². The van der Waals surface area contributed by atoms with Gasteiger partial charge in [-0.25, -0.2) is 8.78 Å². The zero-order valence-corrected chi connectivity index (χ0v) is 10.5. The molecular weight excluding hydrogens is 252 g/mol. The van der Waals surface area contributed by atoms with Crippen molar-refractivity contribution < 1.29 is 13.5 Å². The van der Waals surface area contributed by atoms with Gasteiger partial charge in [-0.2, -0.15) is 10.5 Å². The van der Waals surface area contributed by atoms with Gasteiger partial charge >= 0.3 is 0 Å². The first-order valence-corrected chi connectivity index (χ1v) is 5.64. The fraction of sp³-hybridized carbons (Fsp3) is 0.385. The van der Waals surface area contributed by atoms with Gasteiger partial charge in [-0.3, -0.25) is 0 Å². The average molecular weight is 265 g/mol. The maximum atomic E-state index is 13.8. The van der Waals surface area contributed by atoms with Crippen LogP contribution < -0.4 is 4.90 Å². The molecule has 0 saturated carbocycles. The van der Waals surface area contributed by atoms with E-state index >= 15 is 0 Å². The fourth-order valence-electron chi connectivity index (χ4n) is 1.65. The van der Waals surface area contributed by atoms with Crippen molar-refractivity contribution in [2.75, 3.05) is 31.7 Å². The van der Waals surface area contributed by atoms with E-state index in [1.54, 1.807) is 6.07 Å². The van der Waals surface area contributed by atoms with Gasteiger partial charge in [0.1, 0.15) is 5.69 Å². The number of hydrogen-bond acceptors (Lipinski definition) is 4. The first kappa shape index (κ1) is 14.9. The molecule has 1 aromatic carbocycles. The Bertz CT molecular complexity index is 497. The van der Waals surface area contributed by atoms with E-state index in [9.17, 15) is 8.78 Å². The molecule has 0 aliphatic heterocycles. The summed E-state index contributed by atoms with van der Waals surface area (Å²) >= 11 is 0. The Balaban J connectivity index is 3.07. The van der Waals surface area contributed by atoms with E-state index < -0.39 is 11.6 Å². The maximum Gasteiger partial charge on any atom is 0.150 e. The first-order chi connectivity index (χ1) is 9.13. The predicted molar refractivity (Wildman–Crippen MR) is 65.4 cm³/mol. The molecule has 0 amide bonds. The molecule has 6 heteroatoms. The van der Waals surface area contributed by atoms with Crippen molar-refractivity contribution in [3.63, 3.8) is 0 Å². The van der Waals surface area contributed by atoms with Crippen LogP contribution in [-0.2, 0) is 4.74 Å². The molecular formula is C13H13F2N3O. The Kier molecular flexibility index (Phi) is 5.72. The highest BCUT2D eigenvalue weighted by Gasteiger charge is 2.17. The largest absolute Gasteiger partial charge is 0.383 e. The van der Waals surface area contributed by atoms with Crippen molar-refractivity contribution in [1.82, 2.24) is 0 Å². The monoisotopic (exact) mass is 265 g/mol. The molecule has 0 aromatic heterocycles. The Morgan fingerprint density at radius 3 is 2.32 bits per heavy atom. The number of nitrogens with zero attached hydrogens (tertiary/aromatic N) is 3. The molecule has 0 aliphatic rings. The number of methoxy groups -OCH3 is 1. The van der Waals surface area contributed by atoms with Crippen LogP contribution in [0.2, 0.25) is 0 Å². The Morgan fingerprint density at radius 1 is 1.21 bits per heavy atom. The summed E-state index contributed by atoms with van der Waals surface area (Å²) in [7, 11) is 1.48. The third-order valence-electron chi connectivity index (χ3n) is 2.52. The van der Waals surface area contributed by atoms with Crippen LogP contribution in [0.3, 0.4) is 0 Å². The van der Waals surface area contributed by atoms with Crippen LogP contribution in [0.1, 0.15) is 12.0 Å². The Labute approximate surface area is 110 Å². The molecule has 0 spiro atoms. The molecule has 100 valence electrons. The summed E-state index contributed by atoms with van der Waals surface area (Å²) in [6.45, 7) is 0.738. The van der Waals surface area contributed by atoms with Crippen LogP contribution >= 0.6 is 0 Å². The molecule has 19 heavy (non-hydrogen) atoms. The summed E-state index contributed by atoms with van der Waals surface area (Å²) in [4.78, 5) is 1.40. The van der Waals surface area contributed by atoms with Crippen LogP contribution in [0.5, 0.6) is 0 Å². The lowest BCUT2D eigenvalue weighted by atomic mass is 10.1. The minimum atomic E-state index is -0.814. The third-order valence-corrected chi connectivity index (χ3v) is 2.52. The van der Waals surface area contributed by atoms with Crippen molar-refractivity contribution in [2.24, 2.45) is 0 Å². The van der Waals surface area contributed by atoms with Crippen molar-refractivity contribution in [2.45, 2.75) is 6.42 Å². The van der Waals surface area contributed by atoms with E-state index in [0.29, 0.717) is 0 Å². The lowest BCUT2D eigenvalue weighted by Crippen LogP contribution is -2.30. The highest BCUT2D eigenvalue weighted by Crippen LogP contribution is 2.25. The zero-order chi connectivity index (χ0) is 14.3. The molecule has 0 unspecified atom stereocenters. The third kappa shape index (κ3) is 3.90. The summed E-state index contributed by atoms with van der Waals surface area (Å²) in [6, 6.07) is 5.57. The van der Waals surface area contributed by atoms with E-state index in [1.807, 2.05) is 6.07 Å². The highest BCUT2D eigenvalue weighted by molar-refractivity contribution is 5.52. The van der Waals surface area contributed by atoms with E-state index in [-0.39, 0.29) is 37.4 Å². The second-order valence-electron chi connectivity index (χ2n) is 3.79. The van der Waals surface area contributed by atoms with Crippen LogP contribution in [0, 0.1) is 34.3 Å². The molecule has 4 nitrogen and oxygen atoms in total. The average Bonchev–Trinajstić information content (AvgIpc) is 2.40. The molecule has 0 radical (unpaired) electrons. The van der Waals surface area contributed by atoms with E-state index in [1.165, 1.54) is 12.0 Å². The first-order valence-electron chi connectivity index (χ1n) is 5.64. The number of benzene rings is 1. The van der Waals surface area contributed by atoms with E-state index in [0.717, 1.165) is 12.1 Å². The number of halogens is 2. The van der Waals surface area contributed by atoms with Gasteiger partial charge in [0.2, 0.25) is 0 Å². The second-order valence-corrected chi connectivity index (χ2v) is 3.79. The Hall–Kier alpha value is -2.18. The van der Waals surface area contributed by atoms with Gasteiger partial charge < -0.3 is 9.64 Å². The number of rotatable bonds is 6. The van der Waals surface area contributed by atoms with Crippen molar-refractivity contribution in [3.8, 4) is 12.1 Å². The quantitative estimate of drug-likeness (QED) is 0.791. The van der Waals surface area contributed by atoms with E-state index in [2.05, 4.69) is 0 Å². The van der Waals surface area contributed by atoms with Gasteiger partial charge in [-0.1, -0.05) is 0 Å². The van der Waals surface area contributed by atoms with Gasteiger partial charge in [0, 0.05) is 20.2 Å². The molecule has 0 bridgehead atoms. The molecule has 0 aliphatic carbocycles. The fourth-order valence-corrected chi connectivity index (χ4v) is 1.65. The Morgan fingerprint density at radius 2 is 1.84 bits per heavy atom. The number of ether oxygens (including phenoxy) is 1. The highest BCUT2D eigenvalue weighted by atomic mass is 19.1. The van der Waals surface area contributed by atoms with Gasteiger partial charge in [0.25, 0.3) is 0 Å². The lowest BCUT2D eigenvalue weighted by Gasteiger charge is -2.24. The number of anilines is 1. The minimum Gasteiger partial charge on any atom is -0.383 e. The molecule has 0 heterocycles. The van der Waals surface area contributed by atoms with Gasteiger partial charge in [0.15, 0.2) is 11.6 Å². The molecule has 0 fully saturated rings. The van der Waals surface area contributed by atoms with Crippen molar-refractivity contribution in [3.05, 3.63) is 29.3 Å². The van der Waals surface area contributed by atoms with Gasteiger partial charge in [-0.15, -0.1) is 0 Å². The predicted octanol–water partition coefficient (Wildman–Crippen LogP) is 2.20. The zero-order valence-electron chi connectivity index (χ0n) is 10.5. The van der Waals surface area contributed by atoms with Crippen LogP contribution in [0.4, 0.5) is 14.5 Å². The molecule has 1 rings (SSSR count). The SMILES string of the molecule is COCCN(CCC#N)c1c(F)cc(C#N)cc1F. The maximum absolute atomic E-state index is 13.8. The summed E-state index contributed by atoms with van der Waals surface area (Å²) in [6.07, 6.45) is 0.141. The van der Waals surface area contributed by atoms with Crippen LogP contribution in [0.15, 0.2) is 12.1 Å². The smallest absolute Gasteiger partial charge is 0.150 e. The summed E-state index contributed by atoms with van der Waals surface area (Å²) in [5.74, 6) is -1.63. The van der Waals surface area contributed by atoms with Crippen molar-refractivity contribution >= 4 is 5.69 Å². The second kappa shape index (κ2) is 7.30. The van der Waals surface area contributed by atoms with Crippen molar-refractivity contribution in [1.29, 1.82) is 10.5 Å². The van der Waals surface area contributed by atoms with Gasteiger partial charge in [-0.05, 0) is 12.1 Å². The summed E-state index contributed by atoms with van der Waals surface area (Å²) in [5.41, 5.74) is -0.308. The molecule has 1 aromatic rings. The van der Waals surface area contributed by atoms with Crippen LogP contribution in [-0.4, -0.2) is 26.8 Å². The summed E-state index contributed by atoms with van der Waals surface area (Å²) < 4.78 is 32.6. The summed E-state index contributed by atoms with van der Waals surface area (Å²) in [5, 5.41) is 17.2. The lowest BCUT2D eigenvalue weighted by molar-refractivity contribution is 0.205. The normalized spacial score (nSPS) is 9.74. The standard InChI is InChI=1S/C13H13F2N3O/c1-19-6-5-18(4-2-3-16)13-11(14)7-10(9-17)8-12(13)15/h7-8H,2,4-6H2,1H3. The molecule has 0 saturated heterocycles. The number of hydrogen-bond donors (Lipinski definition) is 0. The molecule has 0 atom stereocenters. The van der Waals surface area contributed by atoms with Gasteiger partial charge in [0.05, 0.1) is 30.7 Å². The molecule has 0 N–H and O–H groups in total. The van der Waals surface area contributed by atoms with E-state index in [4.69, 9.17) is 15.3 Å². The topological polar surface area (TPSA) is 60.0 Å². The number of nitriles is 2.